The molecule has 0 spiro atoms. The van der Waals surface area contributed by atoms with Gasteiger partial charge < -0.3 is 10.6 Å². The molecule has 86 valence electrons. The molecule has 2 N–H and O–H groups in total. The van der Waals surface area contributed by atoms with Crippen LogP contribution >= 0.6 is 0 Å². The normalized spacial score (nSPS) is 22.2. The summed E-state index contributed by atoms with van der Waals surface area (Å²) < 4.78 is 0. The minimum absolute atomic E-state index is 0.145. The lowest BCUT2D eigenvalue weighted by molar-refractivity contribution is -0.119. The Hall–Kier alpha value is -2.03. The van der Waals surface area contributed by atoms with Gasteiger partial charge in [-0.1, -0.05) is 30.4 Å². The highest BCUT2D eigenvalue weighted by Crippen LogP contribution is 2.26. The van der Waals surface area contributed by atoms with Crippen LogP contribution in [0.25, 0.3) is 6.08 Å². The molecule has 1 atom stereocenters. The fourth-order valence-electron chi connectivity index (χ4n) is 2.26. The van der Waals surface area contributed by atoms with Crippen LogP contribution in [0.15, 0.2) is 42.1 Å². The minimum atomic E-state index is 0.145. The van der Waals surface area contributed by atoms with Gasteiger partial charge in [0.1, 0.15) is 0 Å². The summed E-state index contributed by atoms with van der Waals surface area (Å²) in [6, 6.07) is 8.17. The van der Waals surface area contributed by atoms with Gasteiger partial charge in [-0.25, -0.2) is 0 Å². The average molecular weight is 226 g/mol. The molecule has 0 saturated carbocycles. The zero-order valence-electron chi connectivity index (χ0n) is 9.44. The van der Waals surface area contributed by atoms with Crippen molar-refractivity contribution in [3.63, 3.8) is 0 Å². The van der Waals surface area contributed by atoms with Crippen molar-refractivity contribution < 1.29 is 4.79 Å². The number of carbonyl (C=O) groups is 1. The number of hydrogen-bond acceptors (Lipinski definition) is 2. The van der Waals surface area contributed by atoms with Crippen molar-refractivity contribution in [1.82, 2.24) is 5.32 Å². The number of nitrogens with one attached hydrogen (secondary N) is 2. The van der Waals surface area contributed by atoms with Gasteiger partial charge >= 0.3 is 0 Å². The molecule has 0 bridgehead atoms. The maximum Gasteiger partial charge on any atom is 0.220 e. The summed E-state index contributed by atoms with van der Waals surface area (Å²) in [5.74, 6) is 0.437. The van der Waals surface area contributed by atoms with Crippen molar-refractivity contribution in [3.8, 4) is 0 Å². The van der Waals surface area contributed by atoms with Crippen LogP contribution < -0.4 is 10.6 Å². The smallest absolute Gasteiger partial charge is 0.220 e. The Bertz CT molecular complexity index is 517. The first kappa shape index (κ1) is 10.1. The van der Waals surface area contributed by atoms with Gasteiger partial charge in [0.05, 0.1) is 0 Å². The number of allylic oxidation sites excluding steroid dienone is 1. The highest BCUT2D eigenvalue weighted by atomic mass is 16.1. The topological polar surface area (TPSA) is 41.1 Å². The van der Waals surface area contributed by atoms with Gasteiger partial charge in [-0.05, 0) is 17.2 Å². The second-order valence-electron chi connectivity index (χ2n) is 4.41. The van der Waals surface area contributed by atoms with Gasteiger partial charge in [0.15, 0.2) is 0 Å². The van der Waals surface area contributed by atoms with Crippen molar-refractivity contribution in [3.05, 3.63) is 47.7 Å². The summed E-state index contributed by atoms with van der Waals surface area (Å²) in [4.78, 5) is 11.2. The second kappa shape index (κ2) is 4.09. The number of amides is 1. The number of hydrogen-bond donors (Lipinski definition) is 2. The van der Waals surface area contributed by atoms with Crippen LogP contribution in [0, 0.1) is 5.92 Å². The highest BCUT2D eigenvalue weighted by molar-refractivity contribution is 5.79. The standard InChI is InChI=1S/C14H14N2O/c17-14-7-12(9-16-14)11-6-5-10-3-1-2-4-13(10)15-8-11/h1-6,8,12,15H,7,9H2,(H,16,17). The fourth-order valence-corrected chi connectivity index (χ4v) is 2.26. The highest BCUT2D eigenvalue weighted by Gasteiger charge is 2.24. The number of benzene rings is 1. The molecule has 1 fully saturated rings. The zero-order valence-corrected chi connectivity index (χ0v) is 9.44. The Morgan fingerprint density at radius 3 is 2.88 bits per heavy atom. The summed E-state index contributed by atoms with van der Waals surface area (Å²) in [6.45, 7) is 0.743. The van der Waals surface area contributed by atoms with Gasteiger partial charge in [0.2, 0.25) is 5.91 Å². The molecule has 2 aliphatic rings. The lowest BCUT2D eigenvalue weighted by Gasteiger charge is -2.08. The molecule has 1 aromatic carbocycles. The predicted molar refractivity (Wildman–Crippen MR) is 68.3 cm³/mol. The molecule has 0 aromatic heterocycles. The summed E-state index contributed by atoms with van der Waals surface area (Å²) in [5.41, 5.74) is 3.46. The molecule has 1 unspecified atom stereocenters. The SMILES string of the molecule is O=C1CC(C2=CNc3ccccc3C=C2)CN1. The largest absolute Gasteiger partial charge is 0.361 e. The van der Waals surface area contributed by atoms with E-state index in [9.17, 15) is 4.79 Å². The third kappa shape index (κ3) is 1.96. The molecule has 1 saturated heterocycles. The average Bonchev–Trinajstić information content (AvgIpc) is 2.66. The van der Waals surface area contributed by atoms with Crippen molar-refractivity contribution in [1.29, 1.82) is 0 Å². The zero-order chi connectivity index (χ0) is 11.7. The first-order chi connectivity index (χ1) is 8.33. The number of para-hydroxylation sites is 1. The molecule has 0 radical (unpaired) electrons. The van der Waals surface area contributed by atoms with Crippen LogP contribution in [0.1, 0.15) is 12.0 Å². The molecule has 2 aliphatic heterocycles. The van der Waals surface area contributed by atoms with E-state index in [2.05, 4.69) is 34.9 Å². The summed E-state index contributed by atoms with van der Waals surface area (Å²) in [5, 5.41) is 6.17. The van der Waals surface area contributed by atoms with Gasteiger partial charge in [-0.15, -0.1) is 0 Å². The van der Waals surface area contributed by atoms with Gasteiger partial charge in [0, 0.05) is 30.8 Å². The van der Waals surface area contributed by atoms with Crippen molar-refractivity contribution >= 4 is 17.7 Å². The van der Waals surface area contributed by atoms with Crippen LogP contribution in [0.4, 0.5) is 5.69 Å². The molecule has 3 nitrogen and oxygen atoms in total. The maximum atomic E-state index is 11.2. The number of fused-ring (bicyclic) bond motifs is 1. The van der Waals surface area contributed by atoms with Crippen LogP contribution in [0.5, 0.6) is 0 Å². The van der Waals surface area contributed by atoms with Crippen LogP contribution in [-0.2, 0) is 4.79 Å². The molecular formula is C14H14N2O. The molecule has 1 aromatic rings. The molecule has 3 heteroatoms. The van der Waals surface area contributed by atoms with Crippen LogP contribution in [0.3, 0.4) is 0 Å². The first-order valence-electron chi connectivity index (χ1n) is 5.83. The van der Waals surface area contributed by atoms with E-state index in [0.717, 1.165) is 12.2 Å². The molecule has 0 aliphatic carbocycles. The maximum absolute atomic E-state index is 11.2. The van der Waals surface area contributed by atoms with E-state index in [1.807, 2.05) is 18.3 Å². The van der Waals surface area contributed by atoms with Crippen LogP contribution in [0.2, 0.25) is 0 Å². The molecule has 1 amide bonds. The van der Waals surface area contributed by atoms with Gasteiger partial charge in [-0.2, -0.15) is 0 Å². The summed E-state index contributed by atoms with van der Waals surface area (Å²) in [7, 11) is 0. The van der Waals surface area contributed by atoms with E-state index in [1.54, 1.807) is 0 Å². The monoisotopic (exact) mass is 226 g/mol. The van der Waals surface area contributed by atoms with E-state index >= 15 is 0 Å². The van der Waals surface area contributed by atoms with Crippen molar-refractivity contribution in [2.24, 2.45) is 5.92 Å². The molecule has 2 heterocycles. The van der Waals surface area contributed by atoms with Gasteiger partial charge in [0.25, 0.3) is 0 Å². The summed E-state index contributed by atoms with van der Waals surface area (Å²) in [6.07, 6.45) is 6.80. The lowest BCUT2D eigenvalue weighted by Crippen LogP contribution is -2.14. The van der Waals surface area contributed by atoms with Crippen molar-refractivity contribution in [2.75, 3.05) is 11.9 Å². The fraction of sp³-hybridized carbons (Fsp3) is 0.214. The Morgan fingerprint density at radius 2 is 2.06 bits per heavy atom. The second-order valence-corrected chi connectivity index (χ2v) is 4.41. The van der Waals surface area contributed by atoms with Crippen LogP contribution in [-0.4, -0.2) is 12.5 Å². The molecule has 3 rings (SSSR count). The Morgan fingerprint density at radius 1 is 1.18 bits per heavy atom. The van der Waals surface area contributed by atoms with E-state index in [-0.39, 0.29) is 5.91 Å². The van der Waals surface area contributed by atoms with E-state index in [0.29, 0.717) is 12.3 Å². The quantitative estimate of drug-likeness (QED) is 0.770. The van der Waals surface area contributed by atoms with E-state index < -0.39 is 0 Å². The van der Waals surface area contributed by atoms with Crippen molar-refractivity contribution in [2.45, 2.75) is 6.42 Å². The summed E-state index contributed by atoms with van der Waals surface area (Å²) >= 11 is 0. The minimum Gasteiger partial charge on any atom is -0.361 e. The van der Waals surface area contributed by atoms with Gasteiger partial charge in [-0.3, -0.25) is 4.79 Å². The third-order valence-corrected chi connectivity index (χ3v) is 3.26. The molecule has 17 heavy (non-hydrogen) atoms. The Balaban J connectivity index is 1.86. The lowest BCUT2D eigenvalue weighted by atomic mass is 9.98. The van der Waals surface area contributed by atoms with E-state index in [4.69, 9.17) is 0 Å². The van der Waals surface area contributed by atoms with E-state index in [1.165, 1.54) is 11.1 Å². The Kier molecular flexibility index (Phi) is 2.44. The third-order valence-electron chi connectivity index (χ3n) is 3.26. The number of anilines is 1. The number of carbonyl (C=O) groups excluding carboxylic acids is 1. The predicted octanol–water partition coefficient (Wildman–Crippen LogP) is 2.15. The molecular weight excluding hydrogens is 212 g/mol. The number of rotatable bonds is 1. The first-order valence-corrected chi connectivity index (χ1v) is 5.83. The Labute approximate surface area is 100 Å².